The molecule has 0 saturated carbocycles. The van der Waals surface area contributed by atoms with Gasteiger partial charge in [-0.1, -0.05) is 44.5 Å². The van der Waals surface area contributed by atoms with Gasteiger partial charge in [0.15, 0.2) is 11.5 Å². The van der Waals surface area contributed by atoms with E-state index in [-0.39, 0.29) is 11.9 Å². The van der Waals surface area contributed by atoms with Crippen LogP contribution in [0.2, 0.25) is 5.02 Å². The highest BCUT2D eigenvalue weighted by Crippen LogP contribution is 2.42. The van der Waals surface area contributed by atoms with Crippen LogP contribution in [0.3, 0.4) is 0 Å². The lowest BCUT2D eigenvalue weighted by molar-refractivity contribution is -0.141. The van der Waals surface area contributed by atoms with Gasteiger partial charge in [-0.15, -0.1) is 0 Å². The smallest absolute Gasteiger partial charge is 0.228 e. The molecule has 1 aliphatic rings. The van der Waals surface area contributed by atoms with E-state index in [1.54, 1.807) is 14.2 Å². The average Bonchev–Trinajstić information content (AvgIpc) is 2.64. The minimum atomic E-state index is -0.467. The molecule has 2 aromatic rings. The molecule has 1 heterocycles. The Kier molecular flexibility index (Phi) is 5.38. The lowest BCUT2D eigenvalue weighted by Gasteiger charge is -2.41. The van der Waals surface area contributed by atoms with E-state index in [9.17, 15) is 4.79 Å². The largest absolute Gasteiger partial charge is 0.493 e. The summed E-state index contributed by atoms with van der Waals surface area (Å²) in [6, 6.07) is 11.5. The summed E-state index contributed by atoms with van der Waals surface area (Å²) in [5.41, 5.74) is 2.74. The standard InChI is InChI=1S/C22H26ClNO3/c1-22(2,3)21(25)24-10-9-14-12-18(26-4)19(27-5)13-17(14)20(24)15-7-6-8-16(23)11-15/h6-8,11-13,20H,9-10H2,1-5H3. The van der Waals surface area contributed by atoms with E-state index in [1.165, 1.54) is 0 Å². The highest BCUT2D eigenvalue weighted by Gasteiger charge is 2.37. The number of benzene rings is 2. The number of hydrogen-bond acceptors (Lipinski definition) is 3. The molecular weight excluding hydrogens is 362 g/mol. The molecule has 1 aliphatic heterocycles. The predicted molar refractivity (Wildman–Crippen MR) is 108 cm³/mol. The van der Waals surface area contributed by atoms with Gasteiger partial charge >= 0.3 is 0 Å². The van der Waals surface area contributed by atoms with E-state index in [4.69, 9.17) is 21.1 Å². The SMILES string of the molecule is COc1cc2c(cc1OC)C(c1cccc(Cl)c1)N(C(=O)C(C)(C)C)CC2. The normalized spacial score (nSPS) is 16.7. The van der Waals surface area contributed by atoms with Gasteiger partial charge in [-0.05, 0) is 47.4 Å². The van der Waals surface area contributed by atoms with Gasteiger partial charge in [-0.25, -0.2) is 0 Å². The summed E-state index contributed by atoms with van der Waals surface area (Å²) in [5.74, 6) is 1.48. The molecule has 0 aromatic heterocycles. The average molecular weight is 388 g/mol. The van der Waals surface area contributed by atoms with Crippen molar-refractivity contribution in [2.75, 3.05) is 20.8 Å². The van der Waals surface area contributed by atoms with Gasteiger partial charge in [0.1, 0.15) is 0 Å². The Morgan fingerprint density at radius 3 is 2.37 bits per heavy atom. The van der Waals surface area contributed by atoms with Gasteiger partial charge in [-0.2, -0.15) is 0 Å². The molecule has 1 amide bonds. The fourth-order valence-corrected chi connectivity index (χ4v) is 3.83. The number of ether oxygens (including phenoxy) is 2. The highest BCUT2D eigenvalue weighted by molar-refractivity contribution is 6.30. The maximum absolute atomic E-state index is 13.2. The van der Waals surface area contributed by atoms with E-state index in [2.05, 4.69) is 0 Å². The molecule has 0 bridgehead atoms. The molecule has 1 atom stereocenters. The van der Waals surface area contributed by atoms with Gasteiger partial charge < -0.3 is 14.4 Å². The Morgan fingerprint density at radius 2 is 1.78 bits per heavy atom. The summed E-state index contributed by atoms with van der Waals surface area (Å²) in [6.07, 6.45) is 0.772. The molecule has 0 N–H and O–H groups in total. The second-order valence-corrected chi connectivity index (χ2v) is 8.30. The molecular formula is C22H26ClNO3. The third kappa shape index (κ3) is 3.77. The number of fused-ring (bicyclic) bond motifs is 1. The van der Waals surface area contributed by atoms with E-state index >= 15 is 0 Å². The van der Waals surface area contributed by atoms with E-state index < -0.39 is 5.41 Å². The molecule has 5 heteroatoms. The molecule has 0 radical (unpaired) electrons. The number of nitrogens with zero attached hydrogens (tertiary/aromatic N) is 1. The number of methoxy groups -OCH3 is 2. The first-order chi connectivity index (χ1) is 12.8. The zero-order valence-electron chi connectivity index (χ0n) is 16.5. The van der Waals surface area contributed by atoms with Crippen LogP contribution in [0.25, 0.3) is 0 Å². The Balaban J connectivity index is 2.19. The third-order valence-corrected chi connectivity index (χ3v) is 5.18. The van der Waals surface area contributed by atoms with Crippen LogP contribution in [-0.4, -0.2) is 31.6 Å². The zero-order chi connectivity index (χ0) is 19.8. The van der Waals surface area contributed by atoms with Crippen LogP contribution in [0.5, 0.6) is 11.5 Å². The van der Waals surface area contributed by atoms with Gasteiger partial charge in [0.2, 0.25) is 5.91 Å². The monoisotopic (exact) mass is 387 g/mol. The van der Waals surface area contributed by atoms with E-state index in [1.807, 2.05) is 62.1 Å². The Morgan fingerprint density at radius 1 is 1.11 bits per heavy atom. The fraction of sp³-hybridized carbons (Fsp3) is 0.409. The van der Waals surface area contributed by atoms with Gasteiger partial charge in [0, 0.05) is 17.0 Å². The molecule has 1 unspecified atom stereocenters. The number of carbonyl (C=O) groups is 1. The van der Waals surface area contributed by atoms with Crippen LogP contribution in [-0.2, 0) is 11.2 Å². The predicted octanol–water partition coefficient (Wildman–Crippen LogP) is 4.88. The van der Waals surface area contributed by atoms with Crippen molar-refractivity contribution in [3.05, 3.63) is 58.1 Å². The first kappa shape index (κ1) is 19.6. The summed E-state index contributed by atoms with van der Waals surface area (Å²) in [6.45, 7) is 6.51. The van der Waals surface area contributed by atoms with E-state index in [0.717, 1.165) is 23.1 Å². The minimum Gasteiger partial charge on any atom is -0.493 e. The number of carbonyl (C=O) groups excluding carboxylic acids is 1. The van der Waals surface area contributed by atoms with Crippen molar-refractivity contribution in [1.82, 2.24) is 4.90 Å². The van der Waals surface area contributed by atoms with Crippen LogP contribution in [0.15, 0.2) is 36.4 Å². The van der Waals surface area contributed by atoms with Crippen LogP contribution in [0.1, 0.15) is 43.5 Å². The zero-order valence-corrected chi connectivity index (χ0v) is 17.3. The molecule has 27 heavy (non-hydrogen) atoms. The number of halogens is 1. The van der Waals surface area contributed by atoms with Crippen molar-refractivity contribution in [1.29, 1.82) is 0 Å². The van der Waals surface area contributed by atoms with Crippen molar-refractivity contribution in [2.45, 2.75) is 33.2 Å². The lowest BCUT2D eigenvalue weighted by atomic mass is 9.85. The topological polar surface area (TPSA) is 38.8 Å². The van der Waals surface area contributed by atoms with Crippen molar-refractivity contribution in [3.8, 4) is 11.5 Å². The second-order valence-electron chi connectivity index (χ2n) is 7.86. The lowest BCUT2D eigenvalue weighted by Crippen LogP contribution is -2.45. The molecule has 0 spiro atoms. The minimum absolute atomic E-state index is 0.118. The Bertz CT molecular complexity index is 857. The summed E-state index contributed by atoms with van der Waals surface area (Å²) in [7, 11) is 3.26. The number of amides is 1. The molecule has 0 aliphatic carbocycles. The number of hydrogen-bond donors (Lipinski definition) is 0. The summed E-state index contributed by atoms with van der Waals surface area (Å²) in [5, 5.41) is 0.656. The quantitative estimate of drug-likeness (QED) is 0.753. The first-order valence-corrected chi connectivity index (χ1v) is 9.45. The highest BCUT2D eigenvalue weighted by atomic mass is 35.5. The van der Waals surface area contributed by atoms with Crippen LogP contribution >= 0.6 is 11.6 Å². The van der Waals surface area contributed by atoms with Gasteiger partial charge in [0.25, 0.3) is 0 Å². The molecule has 144 valence electrons. The number of rotatable bonds is 3. The molecule has 2 aromatic carbocycles. The van der Waals surface area contributed by atoms with Crippen LogP contribution in [0, 0.1) is 5.41 Å². The fourth-order valence-electron chi connectivity index (χ4n) is 3.63. The molecule has 4 nitrogen and oxygen atoms in total. The third-order valence-electron chi connectivity index (χ3n) is 4.94. The summed E-state index contributed by atoms with van der Waals surface area (Å²) >= 11 is 6.27. The summed E-state index contributed by atoms with van der Waals surface area (Å²) < 4.78 is 11.0. The van der Waals surface area contributed by atoms with Crippen molar-refractivity contribution in [3.63, 3.8) is 0 Å². The first-order valence-electron chi connectivity index (χ1n) is 9.07. The Labute approximate surface area is 166 Å². The van der Waals surface area contributed by atoms with Crippen LogP contribution < -0.4 is 9.47 Å². The molecule has 0 saturated heterocycles. The van der Waals surface area contributed by atoms with Crippen LogP contribution in [0.4, 0.5) is 0 Å². The second kappa shape index (κ2) is 7.43. The molecule has 3 rings (SSSR count). The van der Waals surface area contributed by atoms with Gasteiger partial charge in [0.05, 0.1) is 20.3 Å². The van der Waals surface area contributed by atoms with Crippen molar-refractivity contribution < 1.29 is 14.3 Å². The molecule has 0 fully saturated rings. The summed E-state index contributed by atoms with van der Waals surface area (Å²) in [4.78, 5) is 15.2. The van der Waals surface area contributed by atoms with Crippen molar-refractivity contribution >= 4 is 17.5 Å². The Hall–Kier alpha value is -2.20. The van der Waals surface area contributed by atoms with Gasteiger partial charge in [-0.3, -0.25) is 4.79 Å². The van der Waals surface area contributed by atoms with E-state index in [0.29, 0.717) is 23.1 Å². The maximum Gasteiger partial charge on any atom is 0.228 e. The maximum atomic E-state index is 13.2. The van der Waals surface area contributed by atoms with Crippen molar-refractivity contribution in [2.24, 2.45) is 5.41 Å².